The summed E-state index contributed by atoms with van der Waals surface area (Å²) in [7, 11) is 0. The predicted octanol–water partition coefficient (Wildman–Crippen LogP) is 21.1. The Labute approximate surface area is 468 Å². The molecule has 0 radical (unpaired) electrons. The molecule has 2 nitrogen and oxygen atoms in total. The zero-order valence-electron chi connectivity index (χ0n) is 47.3. The lowest BCUT2D eigenvalue weighted by molar-refractivity contribution is 0.660. The summed E-state index contributed by atoms with van der Waals surface area (Å²) in [6.45, 7) is 23.1. The number of anilines is 6. The molecule has 3 aliphatic rings. The highest BCUT2D eigenvalue weighted by Gasteiger charge is 2.39. The van der Waals surface area contributed by atoms with E-state index < -0.39 is 0 Å². The highest BCUT2D eigenvalue weighted by atomic mass is 15.1. The number of fused-ring (bicyclic) bond motifs is 9. The Kier molecular flexibility index (Phi) is 11.8. The first-order valence-electron chi connectivity index (χ1n) is 28.1. The van der Waals surface area contributed by atoms with Crippen LogP contribution >= 0.6 is 0 Å². The molecular formula is C77H68N2. The molecule has 79 heavy (non-hydrogen) atoms. The molecule has 13 rings (SSSR count). The molecule has 0 aliphatic heterocycles. The average Bonchev–Trinajstić information content (AvgIpc) is 4.01. The first-order valence-corrected chi connectivity index (χ1v) is 28.1. The number of nitrogens with zero attached hydrogens (tertiary/aromatic N) is 2. The Bertz CT molecular complexity index is 3840. The SMILES string of the molecule is Cc1cc(C)cc(N(c2ccccc2)c2ccc3c(c2)C(C)(C)c2cc(/C=C/c4ccc5c(c4)C(C)(C)c4cc(/C=C/c6ccc7c(c6)C(C)(C)c6cc(N(c8ccccc8)c8cc(C)cc(C)c8)ccc6-7)ccc4-5)ccc2-3)c1. The number of hydrogen-bond acceptors (Lipinski definition) is 2. The number of aryl methyl sites for hydroxylation is 4. The Morgan fingerprint density at radius 1 is 0.241 bits per heavy atom. The topological polar surface area (TPSA) is 6.48 Å². The van der Waals surface area contributed by atoms with Crippen LogP contribution in [0.4, 0.5) is 34.1 Å². The normalized spacial score (nSPS) is 14.7. The van der Waals surface area contributed by atoms with Crippen molar-refractivity contribution in [1.82, 2.24) is 0 Å². The third-order valence-corrected chi connectivity index (χ3v) is 17.5. The fourth-order valence-corrected chi connectivity index (χ4v) is 13.5. The van der Waals surface area contributed by atoms with Crippen molar-refractivity contribution in [2.75, 3.05) is 9.80 Å². The van der Waals surface area contributed by atoms with Gasteiger partial charge in [0.15, 0.2) is 0 Å². The van der Waals surface area contributed by atoms with Crippen LogP contribution in [-0.4, -0.2) is 0 Å². The van der Waals surface area contributed by atoms with Crippen molar-refractivity contribution < 1.29 is 0 Å². The monoisotopic (exact) mass is 1020 g/mol. The van der Waals surface area contributed by atoms with Gasteiger partial charge in [-0.05, 0) is 212 Å². The van der Waals surface area contributed by atoms with Crippen molar-refractivity contribution in [2.24, 2.45) is 0 Å². The average molecular weight is 1020 g/mol. The Hall–Kier alpha value is -8.72. The van der Waals surface area contributed by atoms with Gasteiger partial charge in [0.1, 0.15) is 0 Å². The van der Waals surface area contributed by atoms with E-state index >= 15 is 0 Å². The van der Waals surface area contributed by atoms with Crippen molar-refractivity contribution >= 4 is 58.4 Å². The van der Waals surface area contributed by atoms with E-state index in [1.165, 1.54) is 134 Å². The molecule has 3 aliphatic carbocycles. The summed E-state index contributed by atoms with van der Waals surface area (Å²) in [5.41, 5.74) is 32.6. The van der Waals surface area contributed by atoms with Crippen LogP contribution in [0.15, 0.2) is 206 Å². The lowest BCUT2D eigenvalue weighted by atomic mass is 9.81. The van der Waals surface area contributed by atoms with Gasteiger partial charge in [-0.15, -0.1) is 0 Å². The summed E-state index contributed by atoms with van der Waals surface area (Å²) in [6, 6.07) is 77.5. The molecule has 0 N–H and O–H groups in total. The van der Waals surface area contributed by atoms with Crippen LogP contribution in [-0.2, 0) is 16.2 Å². The molecule has 0 unspecified atom stereocenters. The van der Waals surface area contributed by atoms with Crippen LogP contribution in [0.3, 0.4) is 0 Å². The maximum atomic E-state index is 2.43. The Morgan fingerprint density at radius 2 is 0.494 bits per heavy atom. The first-order chi connectivity index (χ1) is 38.0. The van der Waals surface area contributed by atoms with Gasteiger partial charge >= 0.3 is 0 Å². The van der Waals surface area contributed by atoms with Crippen LogP contribution in [0.25, 0.3) is 57.7 Å². The maximum Gasteiger partial charge on any atom is 0.0466 e. The summed E-state index contributed by atoms with van der Waals surface area (Å²) in [5.74, 6) is 0. The van der Waals surface area contributed by atoms with Crippen LogP contribution in [0.1, 0.15) is 119 Å². The quantitative estimate of drug-likeness (QED) is 0.126. The van der Waals surface area contributed by atoms with E-state index in [2.05, 4.69) is 310 Å². The molecule has 0 amide bonds. The van der Waals surface area contributed by atoms with Crippen LogP contribution < -0.4 is 9.80 Å². The lowest BCUT2D eigenvalue weighted by Crippen LogP contribution is -2.16. The maximum absolute atomic E-state index is 2.43. The molecule has 0 fully saturated rings. The number of benzene rings is 10. The van der Waals surface area contributed by atoms with Gasteiger partial charge in [0, 0.05) is 50.4 Å². The Morgan fingerprint density at radius 3 is 0.772 bits per heavy atom. The van der Waals surface area contributed by atoms with Gasteiger partial charge in [-0.2, -0.15) is 0 Å². The molecule has 2 heteroatoms. The molecule has 0 bridgehead atoms. The van der Waals surface area contributed by atoms with Crippen molar-refractivity contribution in [3.8, 4) is 33.4 Å². The molecule has 0 saturated carbocycles. The van der Waals surface area contributed by atoms with Gasteiger partial charge in [-0.3, -0.25) is 0 Å². The minimum atomic E-state index is -0.170. The zero-order chi connectivity index (χ0) is 54.5. The van der Waals surface area contributed by atoms with Gasteiger partial charge in [0.05, 0.1) is 0 Å². The number of para-hydroxylation sites is 2. The van der Waals surface area contributed by atoms with E-state index in [1.807, 2.05) is 0 Å². The minimum Gasteiger partial charge on any atom is -0.310 e. The summed E-state index contributed by atoms with van der Waals surface area (Å²) in [4.78, 5) is 4.80. The van der Waals surface area contributed by atoms with Gasteiger partial charge in [-0.1, -0.05) is 199 Å². The molecule has 0 atom stereocenters. The molecule has 0 saturated heterocycles. The summed E-state index contributed by atoms with van der Waals surface area (Å²) in [6.07, 6.45) is 9.19. The van der Waals surface area contributed by atoms with E-state index in [0.29, 0.717) is 0 Å². The van der Waals surface area contributed by atoms with Crippen molar-refractivity contribution in [2.45, 2.75) is 85.5 Å². The van der Waals surface area contributed by atoms with Gasteiger partial charge in [0.2, 0.25) is 0 Å². The molecule has 0 aromatic heterocycles. The summed E-state index contributed by atoms with van der Waals surface area (Å²) in [5, 5.41) is 0. The molecule has 0 spiro atoms. The van der Waals surface area contributed by atoms with Crippen LogP contribution in [0.5, 0.6) is 0 Å². The molecule has 0 heterocycles. The third kappa shape index (κ3) is 8.57. The lowest BCUT2D eigenvalue weighted by Gasteiger charge is -2.28. The van der Waals surface area contributed by atoms with Gasteiger partial charge < -0.3 is 9.80 Å². The second-order valence-corrected chi connectivity index (χ2v) is 24.3. The van der Waals surface area contributed by atoms with Crippen LogP contribution in [0, 0.1) is 27.7 Å². The van der Waals surface area contributed by atoms with E-state index in [4.69, 9.17) is 0 Å². The smallest absolute Gasteiger partial charge is 0.0466 e. The highest BCUT2D eigenvalue weighted by molar-refractivity contribution is 5.90. The largest absolute Gasteiger partial charge is 0.310 e. The van der Waals surface area contributed by atoms with Gasteiger partial charge in [-0.25, -0.2) is 0 Å². The Balaban J connectivity index is 0.733. The number of rotatable bonds is 10. The second kappa shape index (κ2) is 18.7. The fourth-order valence-electron chi connectivity index (χ4n) is 13.5. The standard InChI is InChI=1S/C77H68N2/c1-49-37-50(2)40-61(39-49)78(57-17-13-11-14-18-57)59-29-35-67-65-33-27-55(45-71(65)76(7,8)73(67)47-59)23-21-53-25-31-63-64-32-26-54(44-70(64)75(5,6)69(63)43-53)22-24-56-28-34-66-68-36-30-60(48-74(68)77(9,10)72(66)46-56)79(58-19-15-12-16-20-58)62-41-51(3)38-52(4)42-62/h11-48H,1-10H3/b23-21+,24-22+. The molecular weight excluding hydrogens is 953 g/mol. The van der Waals surface area contributed by atoms with Crippen molar-refractivity contribution in [1.29, 1.82) is 0 Å². The zero-order valence-corrected chi connectivity index (χ0v) is 47.3. The predicted molar refractivity (Wildman–Crippen MR) is 338 cm³/mol. The van der Waals surface area contributed by atoms with E-state index in [9.17, 15) is 0 Å². The van der Waals surface area contributed by atoms with Crippen molar-refractivity contribution in [3.63, 3.8) is 0 Å². The molecule has 10 aromatic rings. The summed E-state index contributed by atoms with van der Waals surface area (Å²) < 4.78 is 0. The van der Waals surface area contributed by atoms with Crippen molar-refractivity contribution in [3.05, 3.63) is 284 Å². The minimum absolute atomic E-state index is 0.147. The highest BCUT2D eigenvalue weighted by Crippen LogP contribution is 2.54. The molecule has 10 aromatic carbocycles. The van der Waals surface area contributed by atoms with E-state index in [-0.39, 0.29) is 16.2 Å². The fraction of sp³-hybridized carbons (Fsp3) is 0.169. The summed E-state index contributed by atoms with van der Waals surface area (Å²) >= 11 is 0. The first kappa shape index (κ1) is 49.8. The molecule has 386 valence electrons. The second-order valence-electron chi connectivity index (χ2n) is 24.3. The van der Waals surface area contributed by atoms with Gasteiger partial charge in [0.25, 0.3) is 0 Å². The number of hydrogen-bond donors (Lipinski definition) is 0. The van der Waals surface area contributed by atoms with Crippen LogP contribution in [0.2, 0.25) is 0 Å². The third-order valence-electron chi connectivity index (χ3n) is 17.5. The van der Waals surface area contributed by atoms with E-state index in [0.717, 1.165) is 11.4 Å². The van der Waals surface area contributed by atoms with E-state index in [1.54, 1.807) is 0 Å².